The summed E-state index contributed by atoms with van der Waals surface area (Å²) in [5.74, 6) is 0.944. The molecule has 4 rings (SSSR count). The van der Waals surface area contributed by atoms with E-state index in [9.17, 15) is 9.90 Å². The van der Waals surface area contributed by atoms with Crippen molar-refractivity contribution in [1.82, 2.24) is 14.8 Å². The number of likely N-dealkylation sites (tertiary alicyclic amines) is 2. The first kappa shape index (κ1) is 17.0. The second-order valence-electron chi connectivity index (χ2n) is 8.21. The van der Waals surface area contributed by atoms with Gasteiger partial charge in [0, 0.05) is 44.6 Å². The third-order valence-electron chi connectivity index (χ3n) is 6.81. The van der Waals surface area contributed by atoms with Crippen molar-refractivity contribution in [3.8, 4) is 0 Å². The standard InChI is InChI=1S/C20H29N3O2/c1-15-13-23(14-20(15,25)17-5-2-6-17)18-7-10-22(11-8-18)19(24)16-4-3-9-21-12-16/h3-4,9,12,15,17-18,25H,2,5-8,10-11,13-14H2,1H3/t15-,20+/m1/s1. The molecular formula is C20H29N3O2. The van der Waals surface area contributed by atoms with Gasteiger partial charge in [0.1, 0.15) is 0 Å². The van der Waals surface area contributed by atoms with Crippen LogP contribution in [-0.4, -0.2) is 63.6 Å². The Bertz CT molecular complexity index is 611. The Balaban J connectivity index is 1.34. The second kappa shape index (κ2) is 6.69. The monoisotopic (exact) mass is 343 g/mol. The molecule has 0 aromatic carbocycles. The molecule has 2 saturated heterocycles. The molecule has 1 aliphatic carbocycles. The molecule has 1 saturated carbocycles. The van der Waals surface area contributed by atoms with Crippen molar-refractivity contribution in [2.24, 2.45) is 11.8 Å². The van der Waals surface area contributed by atoms with E-state index in [-0.39, 0.29) is 5.91 Å². The number of aliphatic hydroxyl groups is 1. The van der Waals surface area contributed by atoms with Crippen molar-refractivity contribution < 1.29 is 9.90 Å². The third-order valence-corrected chi connectivity index (χ3v) is 6.81. The van der Waals surface area contributed by atoms with Crippen molar-refractivity contribution in [3.05, 3.63) is 30.1 Å². The van der Waals surface area contributed by atoms with Crippen LogP contribution >= 0.6 is 0 Å². The number of pyridine rings is 1. The average molecular weight is 343 g/mol. The molecule has 2 atom stereocenters. The molecule has 0 spiro atoms. The number of carbonyl (C=O) groups excluding carboxylic acids is 1. The highest BCUT2D eigenvalue weighted by Gasteiger charge is 2.51. The van der Waals surface area contributed by atoms with E-state index in [1.807, 2.05) is 17.0 Å². The molecule has 2 aliphatic heterocycles. The van der Waals surface area contributed by atoms with Gasteiger partial charge in [0.25, 0.3) is 5.91 Å². The predicted molar refractivity (Wildman–Crippen MR) is 96.2 cm³/mol. The lowest BCUT2D eigenvalue weighted by Crippen LogP contribution is -2.50. The van der Waals surface area contributed by atoms with Gasteiger partial charge in [-0.1, -0.05) is 13.3 Å². The van der Waals surface area contributed by atoms with Crippen LogP contribution in [0.5, 0.6) is 0 Å². The Morgan fingerprint density at radius 3 is 2.64 bits per heavy atom. The minimum Gasteiger partial charge on any atom is -0.388 e. The number of amides is 1. The number of aromatic nitrogens is 1. The summed E-state index contributed by atoms with van der Waals surface area (Å²) in [6, 6.07) is 4.14. The van der Waals surface area contributed by atoms with Gasteiger partial charge in [0.15, 0.2) is 0 Å². The van der Waals surface area contributed by atoms with E-state index < -0.39 is 5.60 Å². The van der Waals surface area contributed by atoms with E-state index >= 15 is 0 Å². The topological polar surface area (TPSA) is 56.7 Å². The lowest BCUT2D eigenvalue weighted by Gasteiger charge is -2.42. The van der Waals surface area contributed by atoms with Gasteiger partial charge < -0.3 is 10.0 Å². The van der Waals surface area contributed by atoms with Crippen molar-refractivity contribution in [1.29, 1.82) is 0 Å². The van der Waals surface area contributed by atoms with E-state index in [1.165, 1.54) is 19.3 Å². The molecule has 136 valence electrons. The zero-order valence-corrected chi connectivity index (χ0v) is 15.1. The Morgan fingerprint density at radius 1 is 1.28 bits per heavy atom. The summed E-state index contributed by atoms with van der Waals surface area (Å²) in [6.07, 6.45) is 8.99. The van der Waals surface area contributed by atoms with Gasteiger partial charge in [-0.2, -0.15) is 0 Å². The number of piperidine rings is 1. The van der Waals surface area contributed by atoms with Gasteiger partial charge in [-0.05, 0) is 49.7 Å². The maximum Gasteiger partial charge on any atom is 0.255 e. The Morgan fingerprint density at radius 2 is 2.04 bits per heavy atom. The Hall–Kier alpha value is -1.46. The molecule has 1 aromatic rings. The summed E-state index contributed by atoms with van der Waals surface area (Å²) >= 11 is 0. The first-order chi connectivity index (χ1) is 12.1. The van der Waals surface area contributed by atoms with Crippen LogP contribution < -0.4 is 0 Å². The second-order valence-corrected chi connectivity index (χ2v) is 8.21. The quantitative estimate of drug-likeness (QED) is 0.914. The minimum absolute atomic E-state index is 0.0901. The van der Waals surface area contributed by atoms with Crippen LogP contribution in [0, 0.1) is 11.8 Å². The van der Waals surface area contributed by atoms with Gasteiger partial charge in [0.05, 0.1) is 11.2 Å². The molecule has 0 bridgehead atoms. The van der Waals surface area contributed by atoms with E-state index in [1.54, 1.807) is 12.4 Å². The Kier molecular flexibility index (Phi) is 4.54. The zero-order valence-electron chi connectivity index (χ0n) is 15.1. The summed E-state index contributed by atoms with van der Waals surface area (Å²) in [5, 5.41) is 11.2. The maximum absolute atomic E-state index is 12.6. The highest BCUT2D eigenvalue weighted by atomic mass is 16.3. The van der Waals surface area contributed by atoms with Gasteiger partial charge in [-0.25, -0.2) is 0 Å². The molecule has 5 nitrogen and oxygen atoms in total. The van der Waals surface area contributed by atoms with Crippen LogP contribution in [0.15, 0.2) is 24.5 Å². The van der Waals surface area contributed by atoms with Gasteiger partial charge in [0.2, 0.25) is 0 Å². The summed E-state index contributed by atoms with van der Waals surface area (Å²) in [5.41, 5.74) is 0.191. The molecule has 0 unspecified atom stereocenters. The first-order valence-corrected chi connectivity index (χ1v) is 9.73. The molecular weight excluding hydrogens is 314 g/mol. The maximum atomic E-state index is 12.6. The minimum atomic E-state index is -0.485. The fourth-order valence-corrected chi connectivity index (χ4v) is 4.88. The fourth-order valence-electron chi connectivity index (χ4n) is 4.88. The van der Waals surface area contributed by atoms with E-state index in [4.69, 9.17) is 0 Å². The SMILES string of the molecule is C[C@@H]1CN(C2CCN(C(=O)c3cccnc3)CC2)C[C@@]1(O)C1CCC1. The summed E-state index contributed by atoms with van der Waals surface area (Å²) < 4.78 is 0. The Labute approximate surface area is 150 Å². The van der Waals surface area contributed by atoms with Crippen LogP contribution in [-0.2, 0) is 0 Å². The van der Waals surface area contributed by atoms with E-state index in [0.717, 1.165) is 39.0 Å². The summed E-state index contributed by atoms with van der Waals surface area (Å²) in [7, 11) is 0. The molecule has 1 aromatic heterocycles. The average Bonchev–Trinajstić information content (AvgIpc) is 2.89. The van der Waals surface area contributed by atoms with Gasteiger partial charge >= 0.3 is 0 Å². The number of rotatable bonds is 3. The number of carbonyl (C=O) groups is 1. The van der Waals surface area contributed by atoms with E-state index in [0.29, 0.717) is 23.4 Å². The van der Waals surface area contributed by atoms with Crippen LogP contribution in [0.4, 0.5) is 0 Å². The van der Waals surface area contributed by atoms with Crippen LogP contribution in [0.25, 0.3) is 0 Å². The molecule has 5 heteroatoms. The highest BCUT2D eigenvalue weighted by Crippen LogP contribution is 2.45. The smallest absolute Gasteiger partial charge is 0.255 e. The molecule has 25 heavy (non-hydrogen) atoms. The van der Waals surface area contributed by atoms with Gasteiger partial charge in [-0.15, -0.1) is 0 Å². The van der Waals surface area contributed by atoms with Crippen molar-refractivity contribution in [3.63, 3.8) is 0 Å². The van der Waals surface area contributed by atoms with Crippen LogP contribution in [0.2, 0.25) is 0 Å². The molecule has 0 radical (unpaired) electrons. The van der Waals surface area contributed by atoms with E-state index in [2.05, 4.69) is 16.8 Å². The lowest BCUT2D eigenvalue weighted by molar-refractivity contribution is -0.0692. The summed E-state index contributed by atoms with van der Waals surface area (Å²) in [4.78, 5) is 21.0. The first-order valence-electron chi connectivity index (χ1n) is 9.73. The number of nitrogens with zero attached hydrogens (tertiary/aromatic N) is 3. The van der Waals surface area contributed by atoms with Crippen LogP contribution in [0.1, 0.15) is 49.4 Å². The molecule has 3 aliphatic rings. The molecule has 3 fully saturated rings. The number of hydrogen-bond donors (Lipinski definition) is 1. The summed E-state index contributed by atoms with van der Waals surface area (Å²) in [6.45, 7) is 5.61. The molecule has 1 amide bonds. The number of β-amino-alcohol motifs (C(OH)–C–C–N with tert-alkyl or cyclic N) is 1. The van der Waals surface area contributed by atoms with Gasteiger partial charge in [-0.3, -0.25) is 14.7 Å². The van der Waals surface area contributed by atoms with Crippen molar-refractivity contribution in [2.75, 3.05) is 26.2 Å². The molecule has 3 heterocycles. The van der Waals surface area contributed by atoms with Crippen molar-refractivity contribution >= 4 is 5.91 Å². The largest absolute Gasteiger partial charge is 0.388 e. The fraction of sp³-hybridized carbons (Fsp3) is 0.700. The zero-order chi connectivity index (χ0) is 17.4. The van der Waals surface area contributed by atoms with Crippen molar-refractivity contribution in [2.45, 2.75) is 50.7 Å². The normalized spacial score (nSPS) is 31.9. The highest BCUT2D eigenvalue weighted by molar-refractivity contribution is 5.93. The van der Waals surface area contributed by atoms with Crippen LogP contribution in [0.3, 0.4) is 0 Å². The lowest BCUT2D eigenvalue weighted by atomic mass is 9.69. The third kappa shape index (κ3) is 3.08. The number of hydrogen-bond acceptors (Lipinski definition) is 4. The predicted octanol–water partition coefficient (Wildman–Crippen LogP) is 2.17. The molecule has 1 N–H and O–H groups in total.